The van der Waals surface area contributed by atoms with E-state index in [2.05, 4.69) is 11.4 Å². The summed E-state index contributed by atoms with van der Waals surface area (Å²) in [7, 11) is 0. The van der Waals surface area contributed by atoms with Gasteiger partial charge in [0, 0.05) is 11.7 Å². The molecule has 0 aromatic heterocycles. The van der Waals surface area contributed by atoms with Gasteiger partial charge in [-0.2, -0.15) is 5.26 Å². The predicted molar refractivity (Wildman–Crippen MR) is 105 cm³/mol. The van der Waals surface area contributed by atoms with E-state index in [0.717, 1.165) is 23.2 Å². The van der Waals surface area contributed by atoms with Crippen LogP contribution in [0.1, 0.15) is 29.2 Å². The van der Waals surface area contributed by atoms with E-state index in [0.29, 0.717) is 12.0 Å². The number of nitriles is 1. The fourth-order valence-electron chi connectivity index (χ4n) is 3.04. The van der Waals surface area contributed by atoms with Gasteiger partial charge in [-0.15, -0.1) is 0 Å². The standard InChI is InChI=1S/C23H22N2O/c24-17-19-13-11-18(12-14-19)15-22(25-21-9-5-2-6-10-21)16-23(26)20-7-3-1-4-8-20/h1-14,22-23,25-26H,15-16H2/t22-,23+/m1/s1. The van der Waals surface area contributed by atoms with Crippen LogP contribution in [-0.4, -0.2) is 11.1 Å². The third kappa shape index (κ3) is 4.95. The summed E-state index contributed by atoms with van der Waals surface area (Å²) in [5.41, 5.74) is 3.75. The van der Waals surface area contributed by atoms with Crippen LogP contribution in [0.5, 0.6) is 0 Å². The van der Waals surface area contributed by atoms with Crippen molar-refractivity contribution >= 4 is 5.69 Å². The summed E-state index contributed by atoms with van der Waals surface area (Å²) in [6.07, 6.45) is 0.833. The Hall–Kier alpha value is -3.09. The Labute approximate surface area is 154 Å². The van der Waals surface area contributed by atoms with Crippen molar-refractivity contribution in [2.75, 3.05) is 5.32 Å². The van der Waals surface area contributed by atoms with Gasteiger partial charge in [0.1, 0.15) is 0 Å². The average molecular weight is 342 g/mol. The fourth-order valence-corrected chi connectivity index (χ4v) is 3.04. The van der Waals surface area contributed by atoms with Crippen LogP contribution in [0.2, 0.25) is 0 Å². The summed E-state index contributed by atoms with van der Waals surface area (Å²) in [5.74, 6) is 0. The number of anilines is 1. The van der Waals surface area contributed by atoms with Crippen molar-refractivity contribution < 1.29 is 5.11 Å². The lowest BCUT2D eigenvalue weighted by Crippen LogP contribution is -2.25. The largest absolute Gasteiger partial charge is 0.388 e. The Morgan fingerprint density at radius 1 is 0.846 bits per heavy atom. The molecule has 0 aliphatic carbocycles. The number of nitrogens with one attached hydrogen (secondary N) is 1. The highest BCUT2D eigenvalue weighted by Gasteiger charge is 2.17. The molecule has 0 unspecified atom stereocenters. The van der Waals surface area contributed by atoms with E-state index in [1.807, 2.05) is 84.9 Å². The van der Waals surface area contributed by atoms with Crippen LogP contribution in [0.15, 0.2) is 84.9 Å². The molecule has 3 heteroatoms. The van der Waals surface area contributed by atoms with Gasteiger partial charge >= 0.3 is 0 Å². The van der Waals surface area contributed by atoms with Crippen molar-refractivity contribution in [1.82, 2.24) is 0 Å². The number of para-hydroxylation sites is 1. The van der Waals surface area contributed by atoms with Crippen molar-refractivity contribution in [3.63, 3.8) is 0 Å². The molecule has 0 aliphatic heterocycles. The summed E-state index contributed by atoms with van der Waals surface area (Å²) in [4.78, 5) is 0. The Morgan fingerprint density at radius 3 is 2.08 bits per heavy atom. The molecular weight excluding hydrogens is 320 g/mol. The maximum Gasteiger partial charge on any atom is 0.0991 e. The minimum Gasteiger partial charge on any atom is -0.388 e. The number of hydrogen-bond acceptors (Lipinski definition) is 3. The second-order valence-corrected chi connectivity index (χ2v) is 6.38. The van der Waals surface area contributed by atoms with Crippen LogP contribution in [0.25, 0.3) is 0 Å². The number of rotatable bonds is 7. The molecule has 0 heterocycles. The molecule has 0 amide bonds. The molecule has 2 atom stereocenters. The smallest absolute Gasteiger partial charge is 0.0991 e. The van der Waals surface area contributed by atoms with Crippen LogP contribution < -0.4 is 5.32 Å². The van der Waals surface area contributed by atoms with Gasteiger partial charge in [-0.25, -0.2) is 0 Å². The molecule has 0 aliphatic rings. The lowest BCUT2D eigenvalue weighted by Gasteiger charge is -2.23. The number of aliphatic hydroxyl groups excluding tert-OH is 1. The summed E-state index contributed by atoms with van der Waals surface area (Å²) < 4.78 is 0. The first-order valence-electron chi connectivity index (χ1n) is 8.78. The maximum atomic E-state index is 10.6. The van der Waals surface area contributed by atoms with E-state index < -0.39 is 6.10 Å². The zero-order valence-electron chi connectivity index (χ0n) is 14.5. The molecule has 2 N–H and O–H groups in total. The molecule has 0 saturated carbocycles. The van der Waals surface area contributed by atoms with Crippen LogP contribution >= 0.6 is 0 Å². The maximum absolute atomic E-state index is 10.6. The number of benzene rings is 3. The summed E-state index contributed by atoms with van der Waals surface area (Å²) in [6, 6.07) is 29.6. The van der Waals surface area contributed by atoms with Crippen molar-refractivity contribution in [2.45, 2.75) is 25.0 Å². The zero-order chi connectivity index (χ0) is 18.2. The normalized spacial score (nSPS) is 12.8. The number of hydrogen-bond donors (Lipinski definition) is 2. The molecule has 3 rings (SSSR count). The van der Waals surface area contributed by atoms with Gasteiger partial charge in [0.2, 0.25) is 0 Å². The van der Waals surface area contributed by atoms with Crippen molar-refractivity contribution in [3.05, 3.63) is 102 Å². The van der Waals surface area contributed by atoms with Crippen LogP contribution in [0, 0.1) is 11.3 Å². The van der Waals surface area contributed by atoms with Gasteiger partial charge in [-0.1, -0.05) is 60.7 Å². The molecule has 130 valence electrons. The molecular formula is C23H22N2O. The lowest BCUT2D eigenvalue weighted by molar-refractivity contribution is 0.160. The van der Waals surface area contributed by atoms with E-state index >= 15 is 0 Å². The molecule has 3 aromatic carbocycles. The molecule has 0 bridgehead atoms. The van der Waals surface area contributed by atoms with Crippen LogP contribution in [0.3, 0.4) is 0 Å². The number of aliphatic hydroxyl groups is 1. The first kappa shape index (κ1) is 17.7. The molecule has 0 spiro atoms. The molecule has 0 saturated heterocycles. The van der Waals surface area contributed by atoms with Crippen LogP contribution in [-0.2, 0) is 6.42 Å². The average Bonchev–Trinajstić information content (AvgIpc) is 2.70. The Morgan fingerprint density at radius 2 is 1.46 bits per heavy atom. The predicted octanol–water partition coefficient (Wildman–Crippen LogP) is 4.71. The second kappa shape index (κ2) is 8.84. The SMILES string of the molecule is N#Cc1ccc(C[C@H](C[C@H](O)c2ccccc2)Nc2ccccc2)cc1. The van der Waals surface area contributed by atoms with E-state index in [-0.39, 0.29) is 6.04 Å². The highest BCUT2D eigenvalue weighted by molar-refractivity contribution is 5.44. The topological polar surface area (TPSA) is 56.0 Å². The molecule has 26 heavy (non-hydrogen) atoms. The summed E-state index contributed by atoms with van der Waals surface area (Å²) in [6.45, 7) is 0. The van der Waals surface area contributed by atoms with E-state index in [1.54, 1.807) is 0 Å². The van der Waals surface area contributed by atoms with Gasteiger partial charge in [0.25, 0.3) is 0 Å². The fraction of sp³-hybridized carbons (Fsp3) is 0.174. The summed E-state index contributed by atoms with van der Waals surface area (Å²) >= 11 is 0. The third-order valence-electron chi connectivity index (χ3n) is 4.40. The summed E-state index contributed by atoms with van der Waals surface area (Å²) in [5, 5.41) is 23.1. The van der Waals surface area contributed by atoms with Gasteiger partial charge in [-0.3, -0.25) is 0 Å². The van der Waals surface area contributed by atoms with Gasteiger partial charge in [0.15, 0.2) is 0 Å². The van der Waals surface area contributed by atoms with E-state index in [1.165, 1.54) is 0 Å². The first-order chi connectivity index (χ1) is 12.7. The molecule has 0 radical (unpaired) electrons. The highest BCUT2D eigenvalue weighted by Crippen LogP contribution is 2.22. The van der Waals surface area contributed by atoms with Crippen molar-refractivity contribution in [2.24, 2.45) is 0 Å². The minimum atomic E-state index is -0.532. The van der Waals surface area contributed by atoms with E-state index in [9.17, 15) is 5.11 Å². The molecule has 3 nitrogen and oxygen atoms in total. The Balaban J connectivity index is 1.75. The highest BCUT2D eigenvalue weighted by atomic mass is 16.3. The molecule has 3 aromatic rings. The molecule has 0 fully saturated rings. The monoisotopic (exact) mass is 342 g/mol. The Kier molecular flexibility index (Phi) is 6.03. The van der Waals surface area contributed by atoms with Crippen molar-refractivity contribution in [1.29, 1.82) is 5.26 Å². The number of nitrogens with zero attached hydrogens (tertiary/aromatic N) is 1. The van der Waals surface area contributed by atoms with Crippen molar-refractivity contribution in [3.8, 4) is 6.07 Å². The quantitative estimate of drug-likeness (QED) is 0.654. The van der Waals surface area contributed by atoms with Gasteiger partial charge in [0.05, 0.1) is 17.7 Å². The minimum absolute atomic E-state index is 0.0699. The van der Waals surface area contributed by atoms with Gasteiger partial charge < -0.3 is 10.4 Å². The van der Waals surface area contributed by atoms with Gasteiger partial charge in [-0.05, 0) is 48.2 Å². The second-order valence-electron chi connectivity index (χ2n) is 6.38. The Bertz CT molecular complexity index is 839. The zero-order valence-corrected chi connectivity index (χ0v) is 14.5. The first-order valence-corrected chi connectivity index (χ1v) is 8.78. The third-order valence-corrected chi connectivity index (χ3v) is 4.40. The van der Waals surface area contributed by atoms with E-state index in [4.69, 9.17) is 5.26 Å². The lowest BCUT2D eigenvalue weighted by atomic mass is 9.96. The van der Waals surface area contributed by atoms with Crippen LogP contribution in [0.4, 0.5) is 5.69 Å².